The summed E-state index contributed by atoms with van der Waals surface area (Å²) >= 11 is 0. The van der Waals surface area contributed by atoms with E-state index in [4.69, 9.17) is 5.10 Å². The molecule has 0 atom stereocenters. The molecule has 6 nitrogen and oxygen atoms in total. The standard InChI is InChI=1S/C25H17N5O/c31-25-21-23(18-13-7-8-14-20(18)26-25)27-28-24(21)19-15-30(17-11-5-2-6-12-17)29-22(19)16-9-3-1-4-10-16/h1-15H,(H,26,31)(H,27,28). The second-order valence-corrected chi connectivity index (χ2v) is 7.36. The first kappa shape index (κ1) is 17.4. The van der Waals surface area contributed by atoms with Crippen LogP contribution in [-0.2, 0) is 0 Å². The van der Waals surface area contributed by atoms with E-state index in [0.717, 1.165) is 38.9 Å². The Labute approximate surface area is 176 Å². The van der Waals surface area contributed by atoms with Crippen LogP contribution in [0.5, 0.6) is 0 Å². The van der Waals surface area contributed by atoms with Crippen molar-refractivity contribution in [3.05, 3.63) is 101 Å². The second-order valence-electron chi connectivity index (χ2n) is 7.36. The minimum atomic E-state index is -0.177. The first-order valence-corrected chi connectivity index (χ1v) is 9.99. The Morgan fingerprint density at radius 2 is 1.48 bits per heavy atom. The van der Waals surface area contributed by atoms with Crippen LogP contribution in [0.1, 0.15) is 0 Å². The number of rotatable bonds is 3. The van der Waals surface area contributed by atoms with Crippen molar-refractivity contribution in [2.75, 3.05) is 0 Å². The summed E-state index contributed by atoms with van der Waals surface area (Å²) in [5.74, 6) is 0. The number of hydrogen-bond acceptors (Lipinski definition) is 3. The molecular formula is C25H17N5O. The third-order valence-electron chi connectivity index (χ3n) is 5.48. The van der Waals surface area contributed by atoms with Crippen LogP contribution in [0.25, 0.3) is 50.0 Å². The average Bonchev–Trinajstić information content (AvgIpc) is 3.46. The van der Waals surface area contributed by atoms with Gasteiger partial charge in [-0.15, -0.1) is 0 Å². The van der Waals surface area contributed by atoms with Gasteiger partial charge in [-0.05, 0) is 18.2 Å². The molecule has 0 amide bonds. The maximum absolute atomic E-state index is 13.0. The van der Waals surface area contributed by atoms with E-state index in [1.54, 1.807) is 0 Å². The van der Waals surface area contributed by atoms with Gasteiger partial charge in [-0.3, -0.25) is 9.89 Å². The van der Waals surface area contributed by atoms with Gasteiger partial charge in [0, 0.05) is 22.7 Å². The van der Waals surface area contributed by atoms with Crippen molar-refractivity contribution in [3.63, 3.8) is 0 Å². The molecule has 0 saturated carbocycles. The summed E-state index contributed by atoms with van der Waals surface area (Å²) in [6.07, 6.45) is 1.93. The van der Waals surface area contributed by atoms with Gasteiger partial charge in [-0.1, -0.05) is 66.7 Å². The van der Waals surface area contributed by atoms with E-state index < -0.39 is 0 Å². The zero-order chi connectivity index (χ0) is 20.8. The lowest BCUT2D eigenvalue weighted by molar-refractivity contribution is 0.884. The molecule has 148 valence electrons. The third kappa shape index (κ3) is 2.77. The van der Waals surface area contributed by atoms with E-state index >= 15 is 0 Å². The van der Waals surface area contributed by atoms with Gasteiger partial charge in [0.1, 0.15) is 11.4 Å². The van der Waals surface area contributed by atoms with Crippen molar-refractivity contribution in [1.82, 2.24) is 25.0 Å². The van der Waals surface area contributed by atoms with Gasteiger partial charge in [-0.25, -0.2) is 4.68 Å². The van der Waals surface area contributed by atoms with Crippen molar-refractivity contribution in [3.8, 4) is 28.2 Å². The van der Waals surface area contributed by atoms with Crippen molar-refractivity contribution >= 4 is 21.8 Å². The highest BCUT2D eigenvalue weighted by atomic mass is 16.1. The number of H-pyrrole nitrogens is 2. The minimum Gasteiger partial charge on any atom is -0.321 e. The van der Waals surface area contributed by atoms with Crippen molar-refractivity contribution in [2.24, 2.45) is 0 Å². The Morgan fingerprint density at radius 3 is 2.29 bits per heavy atom. The van der Waals surface area contributed by atoms with Crippen LogP contribution in [-0.4, -0.2) is 25.0 Å². The van der Waals surface area contributed by atoms with E-state index in [1.165, 1.54) is 0 Å². The van der Waals surface area contributed by atoms with Gasteiger partial charge in [0.25, 0.3) is 5.56 Å². The molecule has 6 aromatic rings. The fourth-order valence-corrected chi connectivity index (χ4v) is 4.02. The summed E-state index contributed by atoms with van der Waals surface area (Å²) < 4.78 is 1.83. The lowest BCUT2D eigenvalue weighted by Gasteiger charge is -2.01. The van der Waals surface area contributed by atoms with Gasteiger partial charge < -0.3 is 4.98 Å². The molecule has 0 aliphatic heterocycles. The Balaban J connectivity index is 1.66. The largest absolute Gasteiger partial charge is 0.321 e. The number of pyridine rings is 1. The summed E-state index contributed by atoms with van der Waals surface area (Å²) in [5, 5.41) is 14.0. The lowest BCUT2D eigenvalue weighted by Crippen LogP contribution is -2.06. The zero-order valence-electron chi connectivity index (χ0n) is 16.4. The SMILES string of the molecule is O=c1[nH]c2ccccc2c2[nH]nc(-c3cn(-c4ccccc4)nc3-c3ccccc3)c12. The molecule has 6 rings (SSSR count). The quantitative estimate of drug-likeness (QED) is 0.440. The van der Waals surface area contributed by atoms with Gasteiger partial charge in [0.05, 0.1) is 22.1 Å². The van der Waals surface area contributed by atoms with Crippen molar-refractivity contribution < 1.29 is 0 Å². The van der Waals surface area contributed by atoms with E-state index in [-0.39, 0.29) is 5.56 Å². The number of fused-ring (bicyclic) bond motifs is 3. The summed E-state index contributed by atoms with van der Waals surface area (Å²) in [4.78, 5) is 16.0. The molecule has 0 fully saturated rings. The van der Waals surface area contributed by atoms with Crippen LogP contribution in [0.2, 0.25) is 0 Å². The minimum absolute atomic E-state index is 0.177. The number of benzene rings is 3. The second kappa shape index (κ2) is 6.81. The Hall–Kier alpha value is -4.45. The molecule has 0 bridgehead atoms. The number of nitrogens with one attached hydrogen (secondary N) is 2. The number of aromatic nitrogens is 5. The molecule has 6 heteroatoms. The smallest absolute Gasteiger partial charge is 0.260 e. The molecule has 31 heavy (non-hydrogen) atoms. The summed E-state index contributed by atoms with van der Waals surface area (Å²) in [6, 6.07) is 27.6. The van der Waals surface area contributed by atoms with Crippen molar-refractivity contribution in [2.45, 2.75) is 0 Å². The van der Waals surface area contributed by atoms with Gasteiger partial charge >= 0.3 is 0 Å². The Bertz CT molecular complexity index is 1590. The topological polar surface area (TPSA) is 79.4 Å². The van der Waals surface area contributed by atoms with Crippen molar-refractivity contribution in [1.29, 1.82) is 0 Å². The number of aromatic amines is 2. The van der Waals surface area contributed by atoms with Crippen LogP contribution >= 0.6 is 0 Å². The summed E-state index contributed by atoms with van der Waals surface area (Å²) in [5.41, 5.74) is 5.37. The lowest BCUT2D eigenvalue weighted by atomic mass is 10.0. The predicted octanol–water partition coefficient (Wildman–Crippen LogP) is 4.92. The first-order valence-electron chi connectivity index (χ1n) is 9.99. The third-order valence-corrected chi connectivity index (χ3v) is 5.48. The average molecular weight is 403 g/mol. The van der Waals surface area contributed by atoms with E-state index in [0.29, 0.717) is 11.1 Å². The van der Waals surface area contributed by atoms with E-state index in [9.17, 15) is 4.79 Å². The molecule has 0 radical (unpaired) electrons. The normalized spacial score (nSPS) is 11.4. The van der Waals surface area contributed by atoms with Crippen LogP contribution in [0, 0.1) is 0 Å². The number of nitrogens with zero attached hydrogens (tertiary/aromatic N) is 3. The monoisotopic (exact) mass is 403 g/mol. The fourth-order valence-electron chi connectivity index (χ4n) is 4.02. The number of para-hydroxylation sites is 2. The molecule has 0 unspecified atom stereocenters. The molecule has 3 aromatic carbocycles. The summed E-state index contributed by atoms with van der Waals surface area (Å²) in [7, 11) is 0. The maximum atomic E-state index is 13.0. The van der Waals surface area contributed by atoms with Crippen LogP contribution in [0.15, 0.2) is 95.9 Å². The molecule has 3 aromatic heterocycles. The Kier molecular flexibility index (Phi) is 3.83. The fraction of sp³-hybridized carbons (Fsp3) is 0. The molecule has 2 N–H and O–H groups in total. The Morgan fingerprint density at radius 1 is 0.774 bits per heavy atom. The van der Waals surface area contributed by atoms with Gasteiger partial charge in [0.2, 0.25) is 0 Å². The molecule has 0 aliphatic rings. The molecular weight excluding hydrogens is 386 g/mol. The zero-order valence-corrected chi connectivity index (χ0v) is 16.4. The van der Waals surface area contributed by atoms with Crippen LogP contribution in [0.3, 0.4) is 0 Å². The molecule has 0 saturated heterocycles. The first-order chi connectivity index (χ1) is 15.3. The van der Waals surface area contributed by atoms with E-state index in [2.05, 4.69) is 15.2 Å². The highest BCUT2D eigenvalue weighted by molar-refractivity contribution is 6.08. The highest BCUT2D eigenvalue weighted by Gasteiger charge is 2.21. The van der Waals surface area contributed by atoms with Gasteiger partial charge in [0.15, 0.2) is 0 Å². The molecule has 0 aliphatic carbocycles. The van der Waals surface area contributed by atoms with E-state index in [1.807, 2.05) is 95.8 Å². The molecule has 0 spiro atoms. The number of hydrogen-bond donors (Lipinski definition) is 2. The molecule has 3 heterocycles. The van der Waals surface area contributed by atoms with Crippen LogP contribution < -0.4 is 5.56 Å². The summed E-state index contributed by atoms with van der Waals surface area (Å²) in [6.45, 7) is 0. The van der Waals surface area contributed by atoms with Crippen LogP contribution in [0.4, 0.5) is 0 Å². The predicted molar refractivity (Wildman–Crippen MR) is 122 cm³/mol. The highest BCUT2D eigenvalue weighted by Crippen LogP contribution is 2.34. The van der Waals surface area contributed by atoms with Gasteiger partial charge in [-0.2, -0.15) is 10.2 Å². The maximum Gasteiger partial charge on any atom is 0.260 e.